The van der Waals surface area contributed by atoms with Crippen LogP contribution in [0.2, 0.25) is 5.02 Å². The minimum atomic E-state index is -4.35. The van der Waals surface area contributed by atoms with Gasteiger partial charge in [-0.25, -0.2) is 8.42 Å². The molecular formula is C25H24ClN3O7S. The molecule has 0 saturated carbocycles. The van der Waals surface area contributed by atoms with Gasteiger partial charge in [0.25, 0.3) is 17.7 Å². The third kappa shape index (κ3) is 5.78. The van der Waals surface area contributed by atoms with E-state index in [-0.39, 0.29) is 42.7 Å². The highest BCUT2D eigenvalue weighted by Gasteiger charge is 2.40. The Balaban J connectivity index is 1.52. The van der Waals surface area contributed by atoms with E-state index >= 15 is 0 Å². The fourth-order valence-electron chi connectivity index (χ4n) is 3.86. The van der Waals surface area contributed by atoms with Crippen LogP contribution in [-0.2, 0) is 14.6 Å². The van der Waals surface area contributed by atoms with Crippen molar-refractivity contribution in [2.24, 2.45) is 0 Å². The van der Waals surface area contributed by atoms with Gasteiger partial charge in [0.2, 0.25) is 15.2 Å². The summed E-state index contributed by atoms with van der Waals surface area (Å²) in [6.07, 6.45) is 1.26. The molecule has 0 spiro atoms. The minimum absolute atomic E-state index is 0.0812. The molecule has 0 aliphatic carbocycles. The number of furan rings is 1. The molecule has 3 amide bonds. The lowest BCUT2D eigenvalue weighted by molar-refractivity contribution is -0.132. The van der Waals surface area contributed by atoms with Crippen molar-refractivity contribution in [2.45, 2.75) is 10.3 Å². The highest BCUT2D eigenvalue weighted by atomic mass is 35.5. The number of sulfone groups is 1. The second-order valence-corrected chi connectivity index (χ2v) is 10.6. The third-order valence-corrected chi connectivity index (χ3v) is 8.00. The summed E-state index contributed by atoms with van der Waals surface area (Å²) in [6, 6.07) is 14.8. The van der Waals surface area contributed by atoms with Gasteiger partial charge in [0.05, 0.1) is 18.3 Å². The van der Waals surface area contributed by atoms with Crippen molar-refractivity contribution in [3.63, 3.8) is 0 Å². The first-order chi connectivity index (χ1) is 17.7. The van der Waals surface area contributed by atoms with Crippen LogP contribution >= 0.6 is 11.6 Å². The maximum Gasteiger partial charge on any atom is 0.288 e. The average molecular weight is 546 g/mol. The van der Waals surface area contributed by atoms with Crippen molar-refractivity contribution in [1.29, 1.82) is 0 Å². The van der Waals surface area contributed by atoms with Gasteiger partial charge in [-0.1, -0.05) is 17.7 Å². The van der Waals surface area contributed by atoms with Gasteiger partial charge in [0.1, 0.15) is 5.75 Å². The van der Waals surface area contributed by atoms with Gasteiger partial charge >= 0.3 is 0 Å². The largest absolute Gasteiger partial charge is 0.497 e. The molecule has 10 nitrogen and oxygen atoms in total. The maximum atomic E-state index is 13.5. The second-order valence-electron chi connectivity index (χ2n) is 8.18. The lowest BCUT2D eigenvalue weighted by Crippen LogP contribution is -2.57. The second kappa shape index (κ2) is 11.1. The molecule has 1 aliphatic heterocycles. The molecule has 1 aliphatic rings. The van der Waals surface area contributed by atoms with Crippen LogP contribution in [0, 0.1) is 0 Å². The van der Waals surface area contributed by atoms with Crippen LogP contribution in [0.3, 0.4) is 0 Å². The Labute approximate surface area is 218 Å². The van der Waals surface area contributed by atoms with Crippen molar-refractivity contribution >= 4 is 39.2 Å². The molecule has 0 unspecified atom stereocenters. The number of ether oxygens (including phenoxy) is 1. The molecule has 4 rings (SSSR count). The summed E-state index contributed by atoms with van der Waals surface area (Å²) in [7, 11) is -2.84. The Morgan fingerprint density at radius 2 is 1.65 bits per heavy atom. The summed E-state index contributed by atoms with van der Waals surface area (Å²) in [4.78, 5) is 41.8. The van der Waals surface area contributed by atoms with E-state index in [2.05, 4.69) is 5.32 Å². The Hall–Kier alpha value is -3.83. The number of halogens is 1. The number of piperazine rings is 1. The molecule has 2 aromatic carbocycles. The lowest BCUT2D eigenvalue weighted by atomic mass is 10.1. The zero-order chi connectivity index (χ0) is 26.6. The SMILES string of the molecule is COc1cccc(C(=O)N2CCN(C(=O)[C@H](NC(=O)c3ccco3)S(=O)(=O)c3ccc(Cl)cc3)CC2)c1. The first-order valence-electron chi connectivity index (χ1n) is 11.3. The minimum Gasteiger partial charge on any atom is -0.497 e. The number of hydrogen-bond donors (Lipinski definition) is 1. The van der Waals surface area contributed by atoms with Gasteiger partial charge < -0.3 is 24.3 Å². The van der Waals surface area contributed by atoms with E-state index in [4.69, 9.17) is 20.8 Å². The molecule has 3 aromatic rings. The standard InChI is InChI=1S/C25H24ClN3O7S/c1-35-19-5-2-4-17(16-19)24(31)28-11-13-29(14-12-28)25(32)23(27-22(30)21-6-3-15-36-21)37(33,34)20-9-7-18(26)8-10-20/h2-10,15-16,23H,11-14H2,1H3,(H,27,30)/t23-/m1/s1. The van der Waals surface area contributed by atoms with Crippen molar-refractivity contribution < 1.29 is 32.0 Å². The van der Waals surface area contributed by atoms with Crippen LogP contribution in [-0.4, -0.2) is 74.6 Å². The van der Waals surface area contributed by atoms with Crippen molar-refractivity contribution in [3.05, 3.63) is 83.3 Å². The van der Waals surface area contributed by atoms with Gasteiger partial charge in [0, 0.05) is 36.8 Å². The van der Waals surface area contributed by atoms with Crippen LogP contribution in [0.5, 0.6) is 5.75 Å². The number of carbonyl (C=O) groups is 3. The van der Waals surface area contributed by atoms with Gasteiger partial charge in [0.15, 0.2) is 5.76 Å². The molecule has 1 fully saturated rings. The number of carbonyl (C=O) groups excluding carboxylic acids is 3. The zero-order valence-corrected chi connectivity index (χ0v) is 21.4. The van der Waals surface area contributed by atoms with E-state index in [9.17, 15) is 22.8 Å². The smallest absolute Gasteiger partial charge is 0.288 e. The number of hydrogen-bond acceptors (Lipinski definition) is 7. The molecule has 12 heteroatoms. The number of methoxy groups -OCH3 is 1. The average Bonchev–Trinajstić information content (AvgIpc) is 3.46. The Morgan fingerprint density at radius 3 is 2.27 bits per heavy atom. The van der Waals surface area contributed by atoms with Crippen LogP contribution in [0.4, 0.5) is 0 Å². The molecule has 1 saturated heterocycles. The molecule has 2 heterocycles. The first-order valence-corrected chi connectivity index (χ1v) is 13.2. The number of nitrogens with one attached hydrogen (secondary N) is 1. The number of nitrogens with zero attached hydrogens (tertiary/aromatic N) is 2. The zero-order valence-electron chi connectivity index (χ0n) is 19.8. The van der Waals surface area contributed by atoms with E-state index in [1.165, 1.54) is 54.7 Å². The van der Waals surface area contributed by atoms with Crippen molar-refractivity contribution in [3.8, 4) is 5.75 Å². The maximum absolute atomic E-state index is 13.5. The van der Waals surface area contributed by atoms with Crippen LogP contribution in [0.25, 0.3) is 0 Å². The van der Waals surface area contributed by atoms with Gasteiger partial charge in [-0.05, 0) is 54.6 Å². The van der Waals surface area contributed by atoms with Crippen molar-refractivity contribution in [2.75, 3.05) is 33.3 Å². The van der Waals surface area contributed by atoms with E-state index < -0.39 is 27.0 Å². The normalized spacial score (nSPS) is 14.6. The van der Waals surface area contributed by atoms with Gasteiger partial charge in [-0.15, -0.1) is 0 Å². The highest BCUT2D eigenvalue weighted by Crippen LogP contribution is 2.21. The van der Waals surface area contributed by atoms with Gasteiger partial charge in [-0.2, -0.15) is 0 Å². The van der Waals surface area contributed by atoms with E-state index in [0.717, 1.165) is 0 Å². The van der Waals surface area contributed by atoms with Gasteiger partial charge in [-0.3, -0.25) is 14.4 Å². The molecule has 1 N–H and O–H groups in total. The number of rotatable bonds is 7. The topological polar surface area (TPSA) is 126 Å². The van der Waals surface area contributed by atoms with E-state index in [1.54, 1.807) is 29.2 Å². The summed E-state index contributed by atoms with van der Waals surface area (Å²) in [6.45, 7) is 0.527. The van der Waals surface area contributed by atoms with Crippen LogP contribution in [0.15, 0.2) is 76.2 Å². The lowest BCUT2D eigenvalue weighted by Gasteiger charge is -2.36. The number of benzene rings is 2. The fourth-order valence-corrected chi connectivity index (χ4v) is 5.46. The Morgan fingerprint density at radius 1 is 0.973 bits per heavy atom. The summed E-state index contributed by atoms with van der Waals surface area (Å²) >= 11 is 5.89. The molecule has 0 bridgehead atoms. The third-order valence-electron chi connectivity index (χ3n) is 5.88. The first kappa shape index (κ1) is 26.2. The van der Waals surface area contributed by atoms with Crippen LogP contribution in [0.1, 0.15) is 20.9 Å². The molecule has 1 aromatic heterocycles. The summed E-state index contributed by atoms with van der Waals surface area (Å²) in [5.74, 6) is -1.50. The molecule has 1 atom stereocenters. The highest BCUT2D eigenvalue weighted by molar-refractivity contribution is 7.92. The molecular weight excluding hydrogens is 522 g/mol. The Kier molecular flexibility index (Phi) is 7.84. The molecule has 194 valence electrons. The predicted molar refractivity (Wildman–Crippen MR) is 134 cm³/mol. The quantitative estimate of drug-likeness (QED) is 0.483. The van der Waals surface area contributed by atoms with Crippen LogP contribution < -0.4 is 10.1 Å². The number of amides is 3. The molecule has 0 radical (unpaired) electrons. The monoisotopic (exact) mass is 545 g/mol. The van der Waals surface area contributed by atoms with E-state index in [1.807, 2.05) is 0 Å². The predicted octanol–water partition coefficient (Wildman–Crippen LogP) is 2.46. The summed E-state index contributed by atoms with van der Waals surface area (Å²) < 4.78 is 37.1. The van der Waals surface area contributed by atoms with E-state index in [0.29, 0.717) is 16.3 Å². The molecule has 37 heavy (non-hydrogen) atoms. The fraction of sp³-hybridized carbons (Fsp3) is 0.240. The Bertz CT molecular complexity index is 1380. The summed E-state index contributed by atoms with van der Waals surface area (Å²) in [5.41, 5.74) is 0.438. The summed E-state index contributed by atoms with van der Waals surface area (Å²) in [5, 5.41) is 0.711. The van der Waals surface area contributed by atoms with Crippen molar-refractivity contribution in [1.82, 2.24) is 15.1 Å².